The quantitative estimate of drug-likeness (QED) is 0.523. The lowest BCUT2D eigenvalue weighted by Gasteiger charge is -2.23. The van der Waals surface area contributed by atoms with E-state index in [-0.39, 0.29) is 56.0 Å². The summed E-state index contributed by atoms with van der Waals surface area (Å²) in [6.45, 7) is 0. The number of anilines is 2. The van der Waals surface area contributed by atoms with Gasteiger partial charge in [0.2, 0.25) is 0 Å². The van der Waals surface area contributed by atoms with Gasteiger partial charge in [-0.3, -0.25) is 9.59 Å². The fourth-order valence-electron chi connectivity index (χ4n) is 3.06. The lowest BCUT2D eigenvalue weighted by Crippen LogP contribution is -2.24. The van der Waals surface area contributed by atoms with Crippen LogP contribution in [0.4, 0.5) is 11.4 Å². The first-order valence-corrected chi connectivity index (χ1v) is 8.20. The Morgan fingerprint density at radius 1 is 0.731 bits per heavy atom. The molecule has 0 spiro atoms. The Bertz CT molecular complexity index is 1080. The number of nitrogens with two attached hydrogens (primary N) is 2. The largest absolute Gasteiger partial charge is 0.454 e. The Kier molecular flexibility index (Phi) is 3.67. The van der Waals surface area contributed by atoms with Gasteiger partial charge in [-0.2, -0.15) is 0 Å². The fraction of sp³-hybridized carbons (Fsp3) is 0. The van der Waals surface area contributed by atoms with Crippen LogP contribution in [0.5, 0.6) is 11.5 Å². The molecule has 128 valence electrons. The molecule has 6 heteroatoms. The van der Waals surface area contributed by atoms with Crippen LogP contribution in [0, 0.1) is 0 Å². The first-order chi connectivity index (χ1) is 12.5. The van der Waals surface area contributed by atoms with Crippen LogP contribution in [0.25, 0.3) is 0 Å². The Morgan fingerprint density at radius 3 is 1.81 bits per heavy atom. The second kappa shape index (κ2) is 5.89. The predicted octanol–water partition coefficient (Wildman–Crippen LogP) is 4.07. The van der Waals surface area contributed by atoms with Crippen LogP contribution < -0.4 is 16.2 Å². The van der Waals surface area contributed by atoms with Crippen molar-refractivity contribution < 1.29 is 14.3 Å². The van der Waals surface area contributed by atoms with Crippen molar-refractivity contribution in [2.75, 3.05) is 11.5 Å². The number of halogens is 1. The van der Waals surface area contributed by atoms with Gasteiger partial charge in [-0.15, -0.1) is 0 Å². The first-order valence-electron chi connectivity index (χ1n) is 7.82. The van der Waals surface area contributed by atoms with Gasteiger partial charge < -0.3 is 16.2 Å². The van der Waals surface area contributed by atoms with Crippen LogP contribution in [0.1, 0.15) is 31.8 Å². The summed E-state index contributed by atoms with van der Waals surface area (Å²) in [6.07, 6.45) is 0. The summed E-state index contributed by atoms with van der Waals surface area (Å²) in [5, 5.41) is 0.00522. The van der Waals surface area contributed by atoms with Crippen molar-refractivity contribution in [3.05, 3.63) is 81.9 Å². The number of benzene rings is 3. The van der Waals surface area contributed by atoms with E-state index < -0.39 is 0 Å². The number of hydrogen-bond acceptors (Lipinski definition) is 5. The summed E-state index contributed by atoms with van der Waals surface area (Å²) in [4.78, 5) is 25.8. The maximum absolute atomic E-state index is 13.0. The standard InChI is InChI=1S/C20H13ClN2O3/c21-15-16(22)13-14(17(23)20(15)26-10-6-2-1-3-7-10)19(25)12-9-5-4-8-11(12)18(13)24/h1-9H,22-23H2. The highest BCUT2D eigenvalue weighted by atomic mass is 35.5. The number of carbonyl (C=O) groups is 2. The first kappa shape index (κ1) is 16.2. The summed E-state index contributed by atoms with van der Waals surface area (Å²) in [5.41, 5.74) is 12.9. The number of rotatable bonds is 2. The van der Waals surface area contributed by atoms with Gasteiger partial charge in [-0.05, 0) is 12.1 Å². The molecule has 0 fully saturated rings. The van der Waals surface area contributed by atoms with Crippen molar-refractivity contribution in [2.24, 2.45) is 0 Å². The molecule has 0 saturated heterocycles. The Balaban J connectivity index is 1.96. The molecule has 0 radical (unpaired) electrons. The summed E-state index contributed by atoms with van der Waals surface area (Å²) in [7, 11) is 0. The van der Waals surface area contributed by atoms with Gasteiger partial charge in [0.05, 0.1) is 22.5 Å². The van der Waals surface area contributed by atoms with Gasteiger partial charge in [0, 0.05) is 11.1 Å². The molecule has 0 bridgehead atoms. The van der Waals surface area contributed by atoms with Crippen molar-refractivity contribution in [2.45, 2.75) is 0 Å². The number of fused-ring (bicyclic) bond motifs is 2. The molecular weight excluding hydrogens is 352 g/mol. The van der Waals surface area contributed by atoms with E-state index in [9.17, 15) is 9.59 Å². The monoisotopic (exact) mass is 364 g/mol. The predicted molar refractivity (Wildman–Crippen MR) is 100 cm³/mol. The molecule has 4 rings (SSSR count). The zero-order valence-corrected chi connectivity index (χ0v) is 14.2. The maximum Gasteiger partial charge on any atom is 0.196 e. The molecule has 26 heavy (non-hydrogen) atoms. The molecule has 0 unspecified atom stereocenters. The average Bonchev–Trinajstić information content (AvgIpc) is 2.67. The molecule has 0 aliphatic heterocycles. The van der Waals surface area contributed by atoms with Crippen molar-refractivity contribution in [3.63, 3.8) is 0 Å². The molecule has 0 heterocycles. The molecule has 0 atom stereocenters. The summed E-state index contributed by atoms with van der Waals surface area (Å²) in [6, 6.07) is 15.4. The number of carbonyl (C=O) groups excluding carboxylic acids is 2. The van der Waals surface area contributed by atoms with E-state index in [0.717, 1.165) is 0 Å². The normalized spacial score (nSPS) is 12.5. The van der Waals surface area contributed by atoms with Crippen LogP contribution in [-0.4, -0.2) is 11.6 Å². The van der Waals surface area contributed by atoms with E-state index in [1.807, 2.05) is 6.07 Å². The van der Waals surface area contributed by atoms with Crippen molar-refractivity contribution in [3.8, 4) is 11.5 Å². The molecule has 5 nitrogen and oxygen atoms in total. The van der Waals surface area contributed by atoms with E-state index >= 15 is 0 Å². The van der Waals surface area contributed by atoms with Gasteiger partial charge in [0.25, 0.3) is 0 Å². The summed E-state index contributed by atoms with van der Waals surface area (Å²) in [5.74, 6) is -0.216. The molecular formula is C20H13ClN2O3. The van der Waals surface area contributed by atoms with Gasteiger partial charge >= 0.3 is 0 Å². The molecule has 0 amide bonds. The highest BCUT2D eigenvalue weighted by Gasteiger charge is 2.36. The van der Waals surface area contributed by atoms with E-state index in [4.69, 9.17) is 27.8 Å². The molecule has 0 aromatic heterocycles. The van der Waals surface area contributed by atoms with Gasteiger partial charge in [-0.25, -0.2) is 0 Å². The van der Waals surface area contributed by atoms with Crippen LogP contribution in [0.3, 0.4) is 0 Å². The molecule has 0 saturated carbocycles. The minimum Gasteiger partial charge on any atom is -0.454 e. The van der Waals surface area contributed by atoms with Crippen molar-refractivity contribution >= 4 is 34.5 Å². The Labute approximate surface area is 154 Å². The molecule has 4 N–H and O–H groups in total. The fourth-order valence-corrected chi connectivity index (χ4v) is 3.29. The zero-order valence-electron chi connectivity index (χ0n) is 13.5. The molecule has 1 aliphatic carbocycles. The van der Waals surface area contributed by atoms with Gasteiger partial charge in [0.15, 0.2) is 17.3 Å². The average molecular weight is 365 g/mol. The third kappa shape index (κ3) is 2.25. The third-order valence-corrected chi connectivity index (χ3v) is 4.68. The minimum absolute atomic E-state index is 0.00379. The van der Waals surface area contributed by atoms with Crippen LogP contribution in [0.2, 0.25) is 5.02 Å². The van der Waals surface area contributed by atoms with Gasteiger partial charge in [0.1, 0.15) is 10.8 Å². The van der Waals surface area contributed by atoms with Crippen LogP contribution in [-0.2, 0) is 0 Å². The topological polar surface area (TPSA) is 95.4 Å². The van der Waals surface area contributed by atoms with E-state index in [1.54, 1.807) is 48.5 Å². The number of hydrogen-bond donors (Lipinski definition) is 2. The third-order valence-electron chi connectivity index (χ3n) is 4.30. The highest BCUT2D eigenvalue weighted by Crippen LogP contribution is 2.46. The number of para-hydroxylation sites is 1. The second-order valence-electron chi connectivity index (χ2n) is 5.84. The summed E-state index contributed by atoms with van der Waals surface area (Å²) < 4.78 is 5.76. The van der Waals surface area contributed by atoms with Crippen LogP contribution >= 0.6 is 11.6 Å². The van der Waals surface area contributed by atoms with Crippen molar-refractivity contribution in [1.29, 1.82) is 0 Å². The van der Waals surface area contributed by atoms with E-state index in [2.05, 4.69) is 0 Å². The van der Waals surface area contributed by atoms with E-state index in [1.165, 1.54) is 0 Å². The number of nitrogen functional groups attached to an aromatic ring is 2. The molecule has 3 aromatic rings. The molecule has 1 aliphatic rings. The second-order valence-corrected chi connectivity index (χ2v) is 6.22. The lowest BCUT2D eigenvalue weighted by atomic mass is 9.82. The highest BCUT2D eigenvalue weighted by molar-refractivity contribution is 6.40. The zero-order chi connectivity index (χ0) is 18.4. The minimum atomic E-state index is -0.382. The SMILES string of the molecule is Nc1c(Cl)c(Oc2ccccc2)c(N)c2c1C(=O)c1ccccc1C2=O. The Hall–Kier alpha value is -3.31. The smallest absolute Gasteiger partial charge is 0.196 e. The Morgan fingerprint density at radius 2 is 1.23 bits per heavy atom. The maximum atomic E-state index is 13.0. The van der Waals surface area contributed by atoms with Crippen molar-refractivity contribution in [1.82, 2.24) is 0 Å². The lowest BCUT2D eigenvalue weighted by molar-refractivity contribution is 0.0980. The number of ketones is 2. The van der Waals surface area contributed by atoms with E-state index in [0.29, 0.717) is 5.75 Å². The van der Waals surface area contributed by atoms with Crippen LogP contribution in [0.15, 0.2) is 54.6 Å². The van der Waals surface area contributed by atoms with Gasteiger partial charge in [-0.1, -0.05) is 54.1 Å². The molecule has 3 aromatic carbocycles. The number of ether oxygens (including phenoxy) is 1. The summed E-state index contributed by atoms with van der Waals surface area (Å²) >= 11 is 6.33.